The molecular weight excluding hydrogens is 290 g/mol. The van der Waals surface area contributed by atoms with E-state index in [-0.39, 0.29) is 24.9 Å². The molecule has 114 valence electrons. The minimum absolute atomic E-state index is 0.0168. The number of carbonyl (C=O) groups is 2. The van der Waals surface area contributed by atoms with Crippen molar-refractivity contribution in [2.24, 2.45) is 5.73 Å². The predicted molar refractivity (Wildman–Crippen MR) is 82.0 cm³/mol. The molecule has 21 heavy (non-hydrogen) atoms. The van der Waals surface area contributed by atoms with E-state index in [1.807, 2.05) is 12.1 Å². The molecule has 3 N–H and O–H groups in total. The Bertz CT molecular complexity index is 498. The maximum Gasteiger partial charge on any atom is 0.237 e. The van der Waals surface area contributed by atoms with E-state index in [0.29, 0.717) is 5.02 Å². The monoisotopic (exact) mass is 309 g/mol. The van der Waals surface area contributed by atoms with Gasteiger partial charge in [0.25, 0.3) is 0 Å². The second kappa shape index (κ2) is 7.43. The molecule has 2 amide bonds. The van der Waals surface area contributed by atoms with Gasteiger partial charge in [0, 0.05) is 11.1 Å². The van der Waals surface area contributed by atoms with Crippen LogP contribution in [0.3, 0.4) is 0 Å². The van der Waals surface area contributed by atoms with Gasteiger partial charge in [0.05, 0.1) is 13.0 Å². The van der Waals surface area contributed by atoms with Gasteiger partial charge in [0.15, 0.2) is 0 Å². The van der Waals surface area contributed by atoms with E-state index in [9.17, 15) is 9.59 Å². The molecule has 0 aromatic heterocycles. The van der Waals surface area contributed by atoms with Crippen LogP contribution in [-0.2, 0) is 16.0 Å². The Kier molecular flexibility index (Phi) is 5.59. The van der Waals surface area contributed by atoms with Gasteiger partial charge >= 0.3 is 0 Å². The van der Waals surface area contributed by atoms with Crippen LogP contribution < -0.4 is 11.1 Å². The Hall–Kier alpha value is -1.59. The number of hydrogen-bond donors (Lipinski definition) is 2. The van der Waals surface area contributed by atoms with Gasteiger partial charge in [-0.15, -0.1) is 0 Å². The first kappa shape index (κ1) is 15.8. The van der Waals surface area contributed by atoms with Gasteiger partial charge in [0.1, 0.15) is 0 Å². The highest BCUT2D eigenvalue weighted by atomic mass is 35.5. The molecule has 1 fully saturated rings. The van der Waals surface area contributed by atoms with Crippen LogP contribution in [0.1, 0.15) is 18.4 Å². The molecule has 1 aliphatic rings. The van der Waals surface area contributed by atoms with Crippen molar-refractivity contribution in [2.45, 2.75) is 25.3 Å². The topological polar surface area (TPSA) is 75.4 Å². The molecule has 0 bridgehead atoms. The Balaban J connectivity index is 2.05. The summed E-state index contributed by atoms with van der Waals surface area (Å²) in [6.45, 7) is 1.69. The SMILES string of the molecule is NC(=O)CN(C(=O)Cc1ccc(Cl)cc1)C1CCNCC1. The summed E-state index contributed by atoms with van der Waals surface area (Å²) in [6, 6.07) is 7.25. The van der Waals surface area contributed by atoms with E-state index in [1.165, 1.54) is 0 Å². The van der Waals surface area contributed by atoms with Crippen molar-refractivity contribution in [1.82, 2.24) is 10.2 Å². The molecule has 6 heteroatoms. The fourth-order valence-electron chi connectivity index (χ4n) is 2.59. The summed E-state index contributed by atoms with van der Waals surface area (Å²) in [6.07, 6.45) is 1.95. The van der Waals surface area contributed by atoms with E-state index in [2.05, 4.69) is 5.32 Å². The van der Waals surface area contributed by atoms with Crippen molar-refractivity contribution in [2.75, 3.05) is 19.6 Å². The summed E-state index contributed by atoms with van der Waals surface area (Å²) in [5, 5.41) is 3.89. The molecule has 0 unspecified atom stereocenters. The Morgan fingerprint density at radius 3 is 2.43 bits per heavy atom. The van der Waals surface area contributed by atoms with Gasteiger partial charge in [-0.2, -0.15) is 0 Å². The number of carbonyl (C=O) groups excluding carboxylic acids is 2. The second-order valence-corrected chi connectivity index (χ2v) is 5.71. The molecule has 0 spiro atoms. The quantitative estimate of drug-likeness (QED) is 0.850. The van der Waals surface area contributed by atoms with Gasteiger partial charge in [0.2, 0.25) is 11.8 Å². The van der Waals surface area contributed by atoms with Crippen LogP contribution in [0.15, 0.2) is 24.3 Å². The first-order valence-corrected chi connectivity index (χ1v) is 7.47. The summed E-state index contributed by atoms with van der Waals surface area (Å²) in [5.41, 5.74) is 6.17. The van der Waals surface area contributed by atoms with Gasteiger partial charge in [-0.25, -0.2) is 0 Å². The van der Waals surface area contributed by atoms with Gasteiger partial charge in [-0.1, -0.05) is 23.7 Å². The zero-order valence-corrected chi connectivity index (χ0v) is 12.6. The smallest absolute Gasteiger partial charge is 0.237 e. The molecular formula is C15H20ClN3O2. The van der Waals surface area contributed by atoms with E-state index in [0.717, 1.165) is 31.5 Å². The number of halogens is 1. The Labute approximate surface area is 129 Å². The van der Waals surface area contributed by atoms with Gasteiger partial charge < -0.3 is 16.0 Å². The average molecular weight is 310 g/mol. The maximum atomic E-state index is 12.5. The summed E-state index contributed by atoms with van der Waals surface area (Å²) < 4.78 is 0. The molecule has 0 atom stereocenters. The first-order valence-electron chi connectivity index (χ1n) is 7.09. The lowest BCUT2D eigenvalue weighted by Gasteiger charge is -2.34. The van der Waals surface area contributed by atoms with Crippen molar-refractivity contribution in [1.29, 1.82) is 0 Å². The van der Waals surface area contributed by atoms with Crippen LogP contribution in [0.5, 0.6) is 0 Å². The third kappa shape index (κ3) is 4.72. The third-order valence-corrected chi connectivity index (χ3v) is 3.92. The normalized spacial score (nSPS) is 15.7. The Morgan fingerprint density at radius 2 is 1.86 bits per heavy atom. The molecule has 0 aliphatic carbocycles. The number of rotatable bonds is 5. The van der Waals surface area contributed by atoms with Crippen LogP contribution in [0.2, 0.25) is 5.02 Å². The zero-order valence-electron chi connectivity index (χ0n) is 11.8. The molecule has 0 radical (unpaired) electrons. The van der Waals surface area contributed by atoms with Crippen LogP contribution in [0, 0.1) is 0 Å². The van der Waals surface area contributed by atoms with Gasteiger partial charge in [-0.3, -0.25) is 9.59 Å². The molecule has 1 saturated heterocycles. The van der Waals surface area contributed by atoms with Gasteiger partial charge in [-0.05, 0) is 43.6 Å². The lowest BCUT2D eigenvalue weighted by Crippen LogP contribution is -2.49. The number of benzene rings is 1. The van der Waals surface area contributed by atoms with Crippen molar-refractivity contribution in [3.05, 3.63) is 34.9 Å². The number of nitrogens with zero attached hydrogens (tertiary/aromatic N) is 1. The van der Waals surface area contributed by atoms with Crippen molar-refractivity contribution < 1.29 is 9.59 Å². The number of nitrogens with one attached hydrogen (secondary N) is 1. The molecule has 1 aliphatic heterocycles. The molecule has 1 heterocycles. The summed E-state index contributed by atoms with van der Waals surface area (Å²) >= 11 is 5.84. The predicted octanol–water partition coefficient (Wildman–Crippen LogP) is 0.948. The third-order valence-electron chi connectivity index (χ3n) is 3.66. The van der Waals surface area contributed by atoms with Crippen molar-refractivity contribution >= 4 is 23.4 Å². The van der Waals surface area contributed by atoms with Crippen molar-refractivity contribution in [3.63, 3.8) is 0 Å². The van der Waals surface area contributed by atoms with Crippen LogP contribution in [0.4, 0.5) is 0 Å². The highest BCUT2D eigenvalue weighted by molar-refractivity contribution is 6.30. The Morgan fingerprint density at radius 1 is 1.24 bits per heavy atom. The number of piperidine rings is 1. The van der Waals surface area contributed by atoms with Crippen LogP contribution in [0.25, 0.3) is 0 Å². The molecule has 2 rings (SSSR count). The van der Waals surface area contributed by atoms with E-state index in [4.69, 9.17) is 17.3 Å². The summed E-state index contributed by atoms with van der Waals surface area (Å²) in [5.74, 6) is -0.541. The van der Waals surface area contributed by atoms with E-state index >= 15 is 0 Å². The zero-order chi connectivity index (χ0) is 15.2. The highest BCUT2D eigenvalue weighted by Crippen LogP contribution is 2.15. The minimum atomic E-state index is -0.474. The summed E-state index contributed by atoms with van der Waals surface area (Å²) in [7, 11) is 0. The minimum Gasteiger partial charge on any atom is -0.368 e. The average Bonchev–Trinajstić information content (AvgIpc) is 2.48. The van der Waals surface area contributed by atoms with Crippen LogP contribution in [-0.4, -0.2) is 42.4 Å². The first-order chi connectivity index (χ1) is 10.1. The maximum absolute atomic E-state index is 12.5. The fourth-order valence-corrected chi connectivity index (χ4v) is 2.71. The van der Waals surface area contributed by atoms with Crippen LogP contribution >= 0.6 is 11.6 Å². The molecule has 0 saturated carbocycles. The lowest BCUT2D eigenvalue weighted by molar-refractivity contribution is -0.137. The number of nitrogens with two attached hydrogens (primary N) is 1. The largest absolute Gasteiger partial charge is 0.368 e. The van der Waals surface area contributed by atoms with E-state index < -0.39 is 5.91 Å². The fraction of sp³-hybridized carbons (Fsp3) is 0.467. The number of hydrogen-bond acceptors (Lipinski definition) is 3. The number of primary amides is 1. The molecule has 1 aromatic rings. The highest BCUT2D eigenvalue weighted by Gasteiger charge is 2.26. The standard InChI is InChI=1S/C15H20ClN3O2/c16-12-3-1-11(2-4-12)9-15(21)19(10-14(17)20)13-5-7-18-8-6-13/h1-4,13,18H,5-10H2,(H2,17,20). The lowest BCUT2D eigenvalue weighted by atomic mass is 10.0. The van der Waals surface area contributed by atoms with E-state index in [1.54, 1.807) is 17.0 Å². The second-order valence-electron chi connectivity index (χ2n) is 5.27. The van der Waals surface area contributed by atoms with Crippen molar-refractivity contribution in [3.8, 4) is 0 Å². The molecule has 1 aromatic carbocycles. The summed E-state index contributed by atoms with van der Waals surface area (Å²) in [4.78, 5) is 25.4. The number of amides is 2. The molecule has 5 nitrogen and oxygen atoms in total.